The zero-order chi connectivity index (χ0) is 16.3. The van der Waals surface area contributed by atoms with Crippen LogP contribution < -0.4 is 5.32 Å². The maximum absolute atomic E-state index is 12.2. The minimum absolute atomic E-state index is 0.367. The van der Waals surface area contributed by atoms with E-state index in [1.807, 2.05) is 35.8 Å². The van der Waals surface area contributed by atoms with E-state index in [-0.39, 0.29) is 0 Å². The van der Waals surface area contributed by atoms with Gasteiger partial charge in [0.05, 0.1) is 5.52 Å². The maximum atomic E-state index is 12.2. The van der Waals surface area contributed by atoms with E-state index >= 15 is 0 Å². The number of likely N-dealkylation sites (N-methyl/N-ethyl adjacent to an activating group) is 1. The number of alkyl halides is 3. The number of hydrogen-bond donors (Lipinski definition) is 1. The molecule has 0 aliphatic carbocycles. The highest BCUT2D eigenvalue weighted by atomic mass is 19.4. The quantitative estimate of drug-likeness (QED) is 0.921. The van der Waals surface area contributed by atoms with Gasteiger partial charge in [0.15, 0.2) is 0 Å². The van der Waals surface area contributed by atoms with Crippen molar-refractivity contribution in [3.05, 3.63) is 30.5 Å². The molecule has 0 saturated heterocycles. The van der Waals surface area contributed by atoms with E-state index in [0.717, 1.165) is 24.0 Å². The molecular formula is C15H18F3N3O. The van der Waals surface area contributed by atoms with Gasteiger partial charge in [-0.15, -0.1) is 0 Å². The normalized spacial score (nSPS) is 12.1. The van der Waals surface area contributed by atoms with Crippen LogP contribution in [-0.4, -0.2) is 42.2 Å². The molecule has 0 radical (unpaired) electrons. The molecule has 1 heterocycles. The van der Waals surface area contributed by atoms with Gasteiger partial charge in [-0.3, -0.25) is 4.79 Å². The van der Waals surface area contributed by atoms with Crippen LogP contribution in [0.2, 0.25) is 0 Å². The number of anilines is 1. The Kier molecular flexibility index (Phi) is 4.75. The predicted molar refractivity (Wildman–Crippen MR) is 79.8 cm³/mol. The van der Waals surface area contributed by atoms with E-state index < -0.39 is 18.5 Å². The van der Waals surface area contributed by atoms with Crippen molar-refractivity contribution >= 4 is 22.5 Å². The van der Waals surface area contributed by atoms with E-state index in [1.165, 1.54) is 0 Å². The molecule has 120 valence electrons. The molecule has 2 aromatic rings. The summed E-state index contributed by atoms with van der Waals surface area (Å²) < 4.78 is 38.6. The smallest absolute Gasteiger partial charge is 0.346 e. The van der Waals surface area contributed by atoms with Crippen LogP contribution in [0.15, 0.2) is 30.5 Å². The Morgan fingerprint density at radius 2 is 2.00 bits per heavy atom. The molecule has 7 heteroatoms. The minimum Gasteiger partial charge on any atom is -0.346 e. The first-order valence-corrected chi connectivity index (χ1v) is 6.85. The second-order valence-corrected chi connectivity index (χ2v) is 5.43. The van der Waals surface area contributed by atoms with Gasteiger partial charge in [-0.25, -0.2) is 0 Å². The summed E-state index contributed by atoms with van der Waals surface area (Å²) in [5.41, 5.74) is 1.25. The first kappa shape index (κ1) is 16.4. The number of nitrogens with zero attached hydrogens (tertiary/aromatic N) is 2. The summed E-state index contributed by atoms with van der Waals surface area (Å²) in [7, 11) is 3.93. The number of nitrogens with one attached hydrogen (secondary N) is 1. The summed E-state index contributed by atoms with van der Waals surface area (Å²) in [4.78, 5) is 13.4. The maximum Gasteiger partial charge on any atom is 0.397 e. The molecule has 0 saturated carbocycles. The standard InChI is InChI=1S/C15H18F3N3O/c1-20(2)7-8-21-6-5-11-3-4-12(9-13(11)21)19-14(22)10-15(16,17)18/h3-6,9H,7-8,10H2,1-2H3,(H,19,22). The van der Waals surface area contributed by atoms with Gasteiger partial charge in [0.2, 0.25) is 5.91 Å². The van der Waals surface area contributed by atoms with E-state index in [4.69, 9.17) is 0 Å². The van der Waals surface area contributed by atoms with Crippen LogP contribution in [-0.2, 0) is 11.3 Å². The summed E-state index contributed by atoms with van der Waals surface area (Å²) in [5.74, 6) is -1.06. The number of halogens is 3. The second kappa shape index (κ2) is 6.39. The first-order valence-electron chi connectivity index (χ1n) is 6.85. The van der Waals surface area contributed by atoms with Crippen LogP contribution >= 0.6 is 0 Å². The Morgan fingerprint density at radius 1 is 1.27 bits per heavy atom. The van der Waals surface area contributed by atoms with Gasteiger partial charge in [0.25, 0.3) is 0 Å². The Hall–Kier alpha value is -2.02. The van der Waals surface area contributed by atoms with Crippen LogP contribution in [0.25, 0.3) is 10.9 Å². The van der Waals surface area contributed by atoms with Crippen LogP contribution in [0.5, 0.6) is 0 Å². The van der Waals surface area contributed by atoms with Crippen molar-refractivity contribution in [2.45, 2.75) is 19.1 Å². The van der Waals surface area contributed by atoms with Gasteiger partial charge in [0.1, 0.15) is 6.42 Å². The summed E-state index contributed by atoms with van der Waals surface area (Å²) in [6, 6.07) is 7.02. The molecule has 0 aliphatic heterocycles. The number of aromatic nitrogens is 1. The van der Waals surface area contributed by atoms with E-state index in [2.05, 4.69) is 5.32 Å². The molecule has 0 fully saturated rings. The molecule has 0 bridgehead atoms. The molecular weight excluding hydrogens is 295 g/mol. The molecule has 22 heavy (non-hydrogen) atoms. The lowest BCUT2D eigenvalue weighted by Gasteiger charge is -2.12. The van der Waals surface area contributed by atoms with Crippen LogP contribution in [0.4, 0.5) is 18.9 Å². The van der Waals surface area contributed by atoms with E-state index in [1.54, 1.807) is 18.2 Å². The van der Waals surface area contributed by atoms with Crippen molar-refractivity contribution in [3.63, 3.8) is 0 Å². The lowest BCUT2D eigenvalue weighted by Crippen LogP contribution is -2.21. The van der Waals surface area contributed by atoms with E-state index in [0.29, 0.717) is 5.69 Å². The van der Waals surface area contributed by atoms with Crippen molar-refractivity contribution in [2.24, 2.45) is 0 Å². The zero-order valence-electron chi connectivity index (χ0n) is 12.4. The highest BCUT2D eigenvalue weighted by molar-refractivity contribution is 5.94. The third kappa shape index (κ3) is 4.49. The number of amides is 1. The molecule has 1 N–H and O–H groups in total. The van der Waals surface area contributed by atoms with Gasteiger partial charge >= 0.3 is 6.18 Å². The number of rotatable bonds is 5. The van der Waals surface area contributed by atoms with Crippen molar-refractivity contribution in [1.29, 1.82) is 0 Å². The van der Waals surface area contributed by atoms with Gasteiger partial charge < -0.3 is 14.8 Å². The topological polar surface area (TPSA) is 37.3 Å². The Morgan fingerprint density at radius 3 is 2.64 bits per heavy atom. The largest absolute Gasteiger partial charge is 0.397 e. The van der Waals surface area contributed by atoms with Crippen molar-refractivity contribution in [1.82, 2.24) is 9.47 Å². The first-order chi connectivity index (χ1) is 10.2. The lowest BCUT2D eigenvalue weighted by atomic mass is 10.2. The number of carbonyl (C=O) groups excluding carboxylic acids is 1. The highest BCUT2D eigenvalue weighted by Crippen LogP contribution is 2.23. The minimum atomic E-state index is -4.50. The molecule has 0 spiro atoms. The van der Waals surface area contributed by atoms with Gasteiger partial charge in [-0.1, -0.05) is 6.07 Å². The molecule has 2 rings (SSSR count). The van der Waals surface area contributed by atoms with Crippen LogP contribution in [0, 0.1) is 0 Å². The van der Waals surface area contributed by atoms with Crippen molar-refractivity contribution in [2.75, 3.05) is 26.0 Å². The summed E-state index contributed by atoms with van der Waals surface area (Å²) in [5, 5.41) is 3.27. The zero-order valence-corrected chi connectivity index (χ0v) is 12.4. The SMILES string of the molecule is CN(C)CCn1ccc2ccc(NC(=O)CC(F)(F)F)cc21. The van der Waals surface area contributed by atoms with Gasteiger partial charge in [-0.05, 0) is 37.7 Å². The fourth-order valence-electron chi connectivity index (χ4n) is 2.15. The number of benzene rings is 1. The van der Waals surface area contributed by atoms with Gasteiger partial charge in [-0.2, -0.15) is 13.2 Å². The summed E-state index contributed by atoms with van der Waals surface area (Å²) >= 11 is 0. The lowest BCUT2D eigenvalue weighted by molar-refractivity contribution is -0.150. The second-order valence-electron chi connectivity index (χ2n) is 5.43. The highest BCUT2D eigenvalue weighted by Gasteiger charge is 2.31. The average Bonchev–Trinajstić information content (AvgIpc) is 2.76. The Bertz CT molecular complexity index is 662. The summed E-state index contributed by atoms with van der Waals surface area (Å²) in [6.07, 6.45) is -4.05. The average molecular weight is 313 g/mol. The molecule has 4 nitrogen and oxygen atoms in total. The summed E-state index contributed by atoms with van der Waals surface area (Å²) in [6.45, 7) is 1.60. The molecule has 1 aromatic carbocycles. The van der Waals surface area contributed by atoms with E-state index in [9.17, 15) is 18.0 Å². The van der Waals surface area contributed by atoms with Crippen LogP contribution in [0.3, 0.4) is 0 Å². The molecule has 1 aromatic heterocycles. The van der Waals surface area contributed by atoms with Crippen LogP contribution in [0.1, 0.15) is 6.42 Å². The Labute approximate surface area is 126 Å². The monoisotopic (exact) mass is 313 g/mol. The van der Waals surface area contributed by atoms with Gasteiger partial charge in [0, 0.05) is 25.0 Å². The fourth-order valence-corrected chi connectivity index (χ4v) is 2.15. The fraction of sp³-hybridized carbons (Fsp3) is 0.400. The third-order valence-electron chi connectivity index (χ3n) is 3.21. The predicted octanol–water partition coefficient (Wildman–Crippen LogP) is 3.09. The molecule has 0 aliphatic rings. The Balaban J connectivity index is 2.15. The molecule has 0 unspecified atom stereocenters. The van der Waals surface area contributed by atoms with Crippen molar-refractivity contribution < 1.29 is 18.0 Å². The molecule has 0 atom stereocenters. The number of hydrogen-bond acceptors (Lipinski definition) is 2. The molecule has 1 amide bonds. The number of fused-ring (bicyclic) bond motifs is 1. The third-order valence-corrected chi connectivity index (χ3v) is 3.21. The van der Waals surface area contributed by atoms with Crippen molar-refractivity contribution in [3.8, 4) is 0 Å². The number of carbonyl (C=O) groups is 1.